The minimum atomic E-state index is -1.55. The van der Waals surface area contributed by atoms with E-state index < -0.39 is 7.12 Å². The number of aryl methyl sites for hydroxylation is 1. The van der Waals surface area contributed by atoms with Gasteiger partial charge in [-0.1, -0.05) is 11.3 Å². The van der Waals surface area contributed by atoms with Gasteiger partial charge in [0.2, 0.25) is 0 Å². The normalized spacial score (nSPS) is 9.82. The van der Waals surface area contributed by atoms with Crippen molar-refractivity contribution in [2.75, 3.05) is 7.11 Å². The molecule has 1 heterocycles. The second-order valence-electron chi connectivity index (χ2n) is 1.98. The molecule has 0 saturated carbocycles. The van der Waals surface area contributed by atoms with Crippen LogP contribution in [-0.4, -0.2) is 29.3 Å². The summed E-state index contributed by atoms with van der Waals surface area (Å²) in [6.07, 6.45) is 0. The van der Waals surface area contributed by atoms with Crippen molar-refractivity contribution >= 4 is 24.0 Å². The summed E-state index contributed by atoms with van der Waals surface area (Å²) >= 11 is 1.29. The van der Waals surface area contributed by atoms with Crippen molar-refractivity contribution in [3.05, 3.63) is 5.01 Å². The lowest BCUT2D eigenvalue weighted by Crippen LogP contribution is -2.32. The summed E-state index contributed by atoms with van der Waals surface area (Å²) < 4.78 is 4.86. The molecule has 0 aromatic carbocycles. The van der Waals surface area contributed by atoms with Gasteiger partial charge in [0.05, 0.1) is 12.1 Å². The Bertz CT molecular complexity index is 250. The standard InChI is InChI=1S/C5H8BNO3S/c1-3-7-4(6(8)9)5(10-2)11-3/h8-9H,1-2H3. The summed E-state index contributed by atoms with van der Waals surface area (Å²) in [5.74, 6) is 0. The fourth-order valence-electron chi connectivity index (χ4n) is 0.734. The Morgan fingerprint density at radius 1 is 1.55 bits per heavy atom. The highest BCUT2D eigenvalue weighted by atomic mass is 32.1. The molecule has 1 aromatic heterocycles. The molecule has 60 valence electrons. The number of methoxy groups -OCH3 is 1. The zero-order chi connectivity index (χ0) is 8.43. The lowest BCUT2D eigenvalue weighted by Gasteiger charge is -1.96. The second kappa shape index (κ2) is 3.21. The maximum absolute atomic E-state index is 8.77. The first-order chi connectivity index (χ1) is 5.15. The molecule has 6 heteroatoms. The highest BCUT2D eigenvalue weighted by Gasteiger charge is 2.21. The van der Waals surface area contributed by atoms with E-state index in [4.69, 9.17) is 14.8 Å². The van der Waals surface area contributed by atoms with E-state index in [0.29, 0.717) is 5.06 Å². The lowest BCUT2D eigenvalue weighted by molar-refractivity contribution is 0.408. The Morgan fingerprint density at radius 3 is 2.55 bits per heavy atom. The molecule has 0 fully saturated rings. The summed E-state index contributed by atoms with van der Waals surface area (Å²) in [7, 11) is -0.0753. The van der Waals surface area contributed by atoms with Gasteiger partial charge in [-0.3, -0.25) is 0 Å². The zero-order valence-corrected chi connectivity index (χ0v) is 7.05. The molecule has 0 saturated heterocycles. The van der Waals surface area contributed by atoms with Crippen molar-refractivity contribution in [2.45, 2.75) is 6.92 Å². The van der Waals surface area contributed by atoms with Crippen LogP contribution in [0, 0.1) is 6.92 Å². The monoisotopic (exact) mass is 173 g/mol. The molecule has 0 radical (unpaired) electrons. The summed E-state index contributed by atoms with van der Waals surface area (Å²) in [6.45, 7) is 1.78. The van der Waals surface area contributed by atoms with Gasteiger partial charge in [-0.05, 0) is 6.92 Å². The van der Waals surface area contributed by atoms with E-state index in [-0.39, 0.29) is 5.59 Å². The molecule has 0 aliphatic rings. The molecule has 0 bridgehead atoms. The molecule has 0 unspecified atom stereocenters. The molecule has 11 heavy (non-hydrogen) atoms. The topological polar surface area (TPSA) is 62.6 Å². The van der Waals surface area contributed by atoms with Gasteiger partial charge in [-0.25, -0.2) is 4.98 Å². The minimum Gasteiger partial charge on any atom is -0.486 e. The largest absolute Gasteiger partial charge is 0.513 e. The number of hydrogen-bond donors (Lipinski definition) is 2. The van der Waals surface area contributed by atoms with E-state index in [0.717, 1.165) is 5.01 Å². The van der Waals surface area contributed by atoms with Gasteiger partial charge >= 0.3 is 7.12 Å². The first-order valence-electron chi connectivity index (χ1n) is 3.02. The average molecular weight is 173 g/mol. The van der Waals surface area contributed by atoms with Crippen LogP contribution in [0.3, 0.4) is 0 Å². The van der Waals surface area contributed by atoms with Gasteiger partial charge in [-0.2, -0.15) is 0 Å². The third-order valence-electron chi connectivity index (χ3n) is 1.16. The number of aromatic nitrogens is 1. The van der Waals surface area contributed by atoms with Crippen molar-refractivity contribution < 1.29 is 14.8 Å². The minimum absolute atomic E-state index is 0.190. The summed E-state index contributed by atoms with van der Waals surface area (Å²) in [5.41, 5.74) is 0.190. The molecule has 2 N–H and O–H groups in total. The SMILES string of the molecule is COc1sc(C)nc1B(O)O. The highest BCUT2D eigenvalue weighted by molar-refractivity contribution is 7.14. The molecule has 1 aromatic rings. The van der Waals surface area contributed by atoms with Crippen LogP contribution in [0.1, 0.15) is 5.01 Å². The first kappa shape index (κ1) is 8.51. The van der Waals surface area contributed by atoms with Crippen molar-refractivity contribution in [1.29, 1.82) is 0 Å². The van der Waals surface area contributed by atoms with Gasteiger partial charge in [0.1, 0.15) is 5.59 Å². The first-order valence-corrected chi connectivity index (χ1v) is 3.84. The fraction of sp³-hybridized carbons (Fsp3) is 0.400. The van der Waals surface area contributed by atoms with Crippen molar-refractivity contribution in [3.8, 4) is 5.06 Å². The Morgan fingerprint density at radius 2 is 2.18 bits per heavy atom. The lowest BCUT2D eigenvalue weighted by atomic mass is 9.87. The van der Waals surface area contributed by atoms with Crippen LogP contribution in [0.5, 0.6) is 5.06 Å². The van der Waals surface area contributed by atoms with E-state index in [1.807, 2.05) is 0 Å². The molecular weight excluding hydrogens is 165 g/mol. The molecule has 4 nitrogen and oxygen atoms in total. The van der Waals surface area contributed by atoms with Gasteiger partial charge in [0.15, 0.2) is 5.06 Å². The average Bonchev–Trinajstić information content (AvgIpc) is 2.30. The molecule has 0 amide bonds. The van der Waals surface area contributed by atoms with Gasteiger partial charge in [0.25, 0.3) is 0 Å². The summed E-state index contributed by atoms with van der Waals surface area (Å²) in [4.78, 5) is 3.87. The second-order valence-corrected chi connectivity index (χ2v) is 3.15. The quantitative estimate of drug-likeness (QED) is 0.571. The van der Waals surface area contributed by atoms with Crippen molar-refractivity contribution in [2.24, 2.45) is 0 Å². The number of thiazole rings is 1. The van der Waals surface area contributed by atoms with Crippen molar-refractivity contribution in [3.63, 3.8) is 0 Å². The number of hydrogen-bond acceptors (Lipinski definition) is 5. The predicted molar refractivity (Wildman–Crippen MR) is 43.2 cm³/mol. The zero-order valence-electron chi connectivity index (χ0n) is 6.24. The predicted octanol–water partition coefficient (Wildman–Crippen LogP) is -0.860. The van der Waals surface area contributed by atoms with Gasteiger partial charge in [0, 0.05) is 0 Å². The third-order valence-corrected chi connectivity index (χ3v) is 2.11. The number of ether oxygens (including phenoxy) is 1. The highest BCUT2D eigenvalue weighted by Crippen LogP contribution is 2.17. The maximum Gasteiger partial charge on any atom is 0.513 e. The van der Waals surface area contributed by atoms with Crippen LogP contribution in [0.25, 0.3) is 0 Å². The van der Waals surface area contributed by atoms with Crippen LogP contribution >= 0.6 is 11.3 Å². The Hall–Kier alpha value is -0.585. The van der Waals surface area contributed by atoms with Crippen molar-refractivity contribution in [1.82, 2.24) is 4.98 Å². The van der Waals surface area contributed by atoms with E-state index in [1.54, 1.807) is 6.92 Å². The fourth-order valence-corrected chi connectivity index (χ4v) is 1.49. The maximum atomic E-state index is 8.77. The van der Waals surface area contributed by atoms with E-state index in [2.05, 4.69) is 4.98 Å². The van der Waals surface area contributed by atoms with E-state index >= 15 is 0 Å². The molecule has 0 aliphatic heterocycles. The number of nitrogens with zero attached hydrogens (tertiary/aromatic N) is 1. The third kappa shape index (κ3) is 1.71. The smallest absolute Gasteiger partial charge is 0.486 e. The molecule has 1 rings (SSSR count). The Kier molecular flexibility index (Phi) is 2.48. The summed E-state index contributed by atoms with van der Waals surface area (Å²) in [5, 5.41) is 18.7. The Balaban J connectivity index is 3.02. The number of rotatable bonds is 2. The summed E-state index contributed by atoms with van der Waals surface area (Å²) in [6, 6.07) is 0. The molecule has 0 spiro atoms. The van der Waals surface area contributed by atoms with Gasteiger partial charge < -0.3 is 14.8 Å². The molecule has 0 atom stereocenters. The van der Waals surface area contributed by atoms with Gasteiger partial charge in [-0.15, -0.1) is 0 Å². The van der Waals surface area contributed by atoms with Crippen LogP contribution in [0.4, 0.5) is 0 Å². The van der Waals surface area contributed by atoms with Crippen LogP contribution in [0.15, 0.2) is 0 Å². The molecule has 0 aliphatic carbocycles. The van der Waals surface area contributed by atoms with Crippen LogP contribution in [0.2, 0.25) is 0 Å². The Labute approximate surface area is 68.6 Å². The van der Waals surface area contributed by atoms with Crippen LogP contribution < -0.4 is 10.3 Å². The molecular formula is C5H8BNO3S. The van der Waals surface area contributed by atoms with E-state index in [1.165, 1.54) is 18.4 Å². The van der Waals surface area contributed by atoms with E-state index in [9.17, 15) is 0 Å². The van der Waals surface area contributed by atoms with Crippen LogP contribution in [-0.2, 0) is 0 Å².